The number of aromatic amines is 1. The average Bonchev–Trinajstić information content (AvgIpc) is 3.13. The monoisotopic (exact) mass is 308 g/mol. The molecule has 1 aliphatic rings. The molecule has 2 aromatic rings. The summed E-state index contributed by atoms with van der Waals surface area (Å²) in [6, 6.07) is 3.59. The molecular weight excluding hydrogens is 288 g/mol. The minimum Gasteiger partial charge on any atom is -0.345 e. The first-order valence-electron chi connectivity index (χ1n) is 7.29. The van der Waals surface area contributed by atoms with Crippen LogP contribution in [0, 0.1) is 0 Å². The van der Waals surface area contributed by atoms with Crippen molar-refractivity contribution in [3.8, 4) is 0 Å². The van der Waals surface area contributed by atoms with E-state index in [9.17, 15) is 8.42 Å². The zero-order valence-corrected chi connectivity index (χ0v) is 12.9. The molecule has 1 saturated heterocycles. The fourth-order valence-electron chi connectivity index (χ4n) is 2.88. The second kappa shape index (κ2) is 5.75. The van der Waals surface area contributed by atoms with Gasteiger partial charge in [0.25, 0.3) is 0 Å². The highest BCUT2D eigenvalue weighted by molar-refractivity contribution is 7.89. The fraction of sp³-hybridized carbons (Fsp3) is 0.500. The number of fused-ring (bicyclic) bond motifs is 1. The van der Waals surface area contributed by atoms with Gasteiger partial charge in [-0.15, -0.1) is 0 Å². The van der Waals surface area contributed by atoms with E-state index in [1.807, 2.05) is 6.92 Å². The number of hydrogen-bond donors (Lipinski definition) is 2. The topological polar surface area (TPSA) is 78.1 Å². The van der Waals surface area contributed by atoms with E-state index in [1.165, 1.54) is 0 Å². The van der Waals surface area contributed by atoms with Gasteiger partial charge in [-0.25, -0.2) is 13.4 Å². The molecule has 7 heteroatoms. The van der Waals surface area contributed by atoms with Crippen LogP contribution >= 0.6 is 0 Å². The van der Waals surface area contributed by atoms with E-state index in [0.717, 1.165) is 25.9 Å². The highest BCUT2D eigenvalue weighted by atomic mass is 32.2. The molecule has 0 saturated carbocycles. The number of sulfonamides is 1. The van der Waals surface area contributed by atoms with Gasteiger partial charge in [-0.1, -0.05) is 6.92 Å². The second-order valence-electron chi connectivity index (χ2n) is 5.31. The molecule has 1 unspecified atom stereocenters. The van der Waals surface area contributed by atoms with Crippen LogP contribution in [0.5, 0.6) is 0 Å². The van der Waals surface area contributed by atoms with Crippen LogP contribution < -0.4 is 5.32 Å². The first kappa shape index (κ1) is 14.5. The molecule has 3 heterocycles. The summed E-state index contributed by atoms with van der Waals surface area (Å²) in [6.07, 6.45) is 4.87. The molecule has 6 nitrogen and oxygen atoms in total. The number of nitrogens with zero attached hydrogens (tertiary/aromatic N) is 2. The van der Waals surface area contributed by atoms with Crippen molar-refractivity contribution in [3.63, 3.8) is 0 Å². The summed E-state index contributed by atoms with van der Waals surface area (Å²) < 4.78 is 27.7. The van der Waals surface area contributed by atoms with Gasteiger partial charge >= 0.3 is 0 Å². The summed E-state index contributed by atoms with van der Waals surface area (Å²) in [5.41, 5.74) is 0.608. The summed E-state index contributed by atoms with van der Waals surface area (Å²) in [7, 11) is -3.51. The second-order valence-corrected chi connectivity index (χ2v) is 7.17. The maximum absolute atomic E-state index is 13.0. The van der Waals surface area contributed by atoms with Crippen LogP contribution in [0.3, 0.4) is 0 Å². The normalized spacial score (nSPS) is 19.6. The first-order valence-corrected chi connectivity index (χ1v) is 8.73. The Morgan fingerprint density at radius 1 is 1.48 bits per heavy atom. The van der Waals surface area contributed by atoms with Crippen molar-refractivity contribution in [1.82, 2.24) is 19.6 Å². The van der Waals surface area contributed by atoms with Crippen molar-refractivity contribution < 1.29 is 8.42 Å². The van der Waals surface area contributed by atoms with Gasteiger partial charge in [0.05, 0.1) is 0 Å². The van der Waals surface area contributed by atoms with E-state index in [4.69, 9.17) is 0 Å². The molecule has 0 bridgehead atoms. The third-order valence-corrected chi connectivity index (χ3v) is 5.88. The highest BCUT2D eigenvalue weighted by Gasteiger charge is 2.34. The molecular formula is C14H20N4O2S. The maximum atomic E-state index is 13.0. The Bertz CT molecular complexity index is 719. The van der Waals surface area contributed by atoms with Gasteiger partial charge in [-0.2, -0.15) is 4.31 Å². The number of H-pyrrole nitrogens is 1. The Balaban J connectivity index is 2.04. The third kappa shape index (κ3) is 2.56. The average molecular weight is 308 g/mol. The lowest BCUT2D eigenvalue weighted by Gasteiger charge is -2.26. The molecule has 0 aliphatic carbocycles. The van der Waals surface area contributed by atoms with E-state index < -0.39 is 10.0 Å². The van der Waals surface area contributed by atoms with Gasteiger partial charge in [0.1, 0.15) is 10.5 Å². The zero-order chi connectivity index (χ0) is 14.9. The van der Waals surface area contributed by atoms with Crippen molar-refractivity contribution in [3.05, 3.63) is 24.5 Å². The van der Waals surface area contributed by atoms with E-state index in [2.05, 4.69) is 15.3 Å². The predicted octanol–water partition coefficient (Wildman–Crippen LogP) is 1.33. The third-order valence-electron chi connectivity index (χ3n) is 3.89. The van der Waals surface area contributed by atoms with Crippen LogP contribution in [0.2, 0.25) is 0 Å². The summed E-state index contributed by atoms with van der Waals surface area (Å²) >= 11 is 0. The first-order chi connectivity index (χ1) is 10.1. The standard InChI is InChI=1S/C14H20N4O2S/c1-2-8-18(11-5-7-15-9-11)21(19,20)13-10-17-14-12(13)4-3-6-16-14/h3-4,6,10-11,15H,2,5,7-9H2,1H3,(H,16,17). The molecule has 2 aromatic heterocycles. The minimum absolute atomic E-state index is 0.0385. The molecule has 0 spiro atoms. The Morgan fingerprint density at radius 2 is 2.33 bits per heavy atom. The van der Waals surface area contributed by atoms with E-state index in [0.29, 0.717) is 22.5 Å². The Kier molecular flexibility index (Phi) is 3.97. The lowest BCUT2D eigenvalue weighted by molar-refractivity contribution is 0.335. The molecule has 0 aromatic carbocycles. The molecule has 0 amide bonds. The van der Waals surface area contributed by atoms with Crippen molar-refractivity contribution in [1.29, 1.82) is 0 Å². The summed E-state index contributed by atoms with van der Waals surface area (Å²) in [5.74, 6) is 0. The van der Waals surface area contributed by atoms with E-state index in [-0.39, 0.29) is 6.04 Å². The Labute approximate surface area is 124 Å². The van der Waals surface area contributed by atoms with Crippen molar-refractivity contribution in [2.24, 2.45) is 0 Å². The molecule has 3 rings (SSSR count). The Morgan fingerprint density at radius 3 is 3.05 bits per heavy atom. The van der Waals surface area contributed by atoms with Crippen LogP contribution in [-0.4, -0.2) is 48.4 Å². The molecule has 2 N–H and O–H groups in total. The smallest absolute Gasteiger partial charge is 0.245 e. The molecule has 21 heavy (non-hydrogen) atoms. The quantitative estimate of drug-likeness (QED) is 0.873. The summed E-state index contributed by atoms with van der Waals surface area (Å²) in [5, 5.41) is 3.90. The number of pyridine rings is 1. The lowest BCUT2D eigenvalue weighted by atomic mass is 10.2. The van der Waals surface area contributed by atoms with Crippen molar-refractivity contribution >= 4 is 21.1 Å². The van der Waals surface area contributed by atoms with Crippen LogP contribution in [0.25, 0.3) is 11.0 Å². The van der Waals surface area contributed by atoms with Crippen molar-refractivity contribution in [2.45, 2.75) is 30.7 Å². The Hall–Kier alpha value is -1.44. The van der Waals surface area contributed by atoms with Crippen LogP contribution in [-0.2, 0) is 10.0 Å². The fourth-order valence-corrected chi connectivity index (χ4v) is 4.77. The summed E-state index contributed by atoms with van der Waals surface area (Å²) in [4.78, 5) is 7.44. The van der Waals surface area contributed by atoms with Gasteiger partial charge in [-0.05, 0) is 31.5 Å². The molecule has 1 atom stereocenters. The number of nitrogens with one attached hydrogen (secondary N) is 2. The van der Waals surface area contributed by atoms with E-state index in [1.54, 1.807) is 28.8 Å². The summed E-state index contributed by atoms with van der Waals surface area (Å²) in [6.45, 7) is 4.14. The van der Waals surface area contributed by atoms with Gasteiger partial charge < -0.3 is 10.3 Å². The molecule has 1 fully saturated rings. The van der Waals surface area contributed by atoms with Crippen molar-refractivity contribution in [2.75, 3.05) is 19.6 Å². The number of hydrogen-bond acceptors (Lipinski definition) is 4. The van der Waals surface area contributed by atoms with Gasteiger partial charge in [0.2, 0.25) is 10.0 Å². The predicted molar refractivity (Wildman–Crippen MR) is 81.6 cm³/mol. The largest absolute Gasteiger partial charge is 0.345 e. The van der Waals surface area contributed by atoms with Crippen LogP contribution in [0.4, 0.5) is 0 Å². The highest BCUT2D eigenvalue weighted by Crippen LogP contribution is 2.27. The van der Waals surface area contributed by atoms with Crippen LogP contribution in [0.15, 0.2) is 29.4 Å². The molecule has 114 valence electrons. The number of rotatable bonds is 5. The van der Waals surface area contributed by atoms with E-state index >= 15 is 0 Å². The van der Waals surface area contributed by atoms with Gasteiger partial charge in [-0.3, -0.25) is 0 Å². The van der Waals surface area contributed by atoms with Gasteiger partial charge in [0, 0.05) is 36.9 Å². The molecule has 0 radical (unpaired) electrons. The zero-order valence-electron chi connectivity index (χ0n) is 12.0. The number of aromatic nitrogens is 2. The van der Waals surface area contributed by atoms with Crippen LogP contribution in [0.1, 0.15) is 19.8 Å². The lowest BCUT2D eigenvalue weighted by Crippen LogP contribution is -2.41. The molecule has 1 aliphatic heterocycles. The van der Waals surface area contributed by atoms with Gasteiger partial charge in [0.15, 0.2) is 0 Å². The SMILES string of the molecule is CCCN(C1CCNC1)S(=O)(=O)c1c[nH]c2ncccc12. The maximum Gasteiger partial charge on any atom is 0.245 e. The minimum atomic E-state index is -3.51.